The van der Waals surface area contributed by atoms with Gasteiger partial charge in [-0.1, -0.05) is 30.3 Å². The number of hydrogen-bond acceptors (Lipinski definition) is 5. The Kier molecular flexibility index (Phi) is 9.26. The summed E-state index contributed by atoms with van der Waals surface area (Å²) in [5.41, 5.74) is -2.03. The molecule has 1 N–H and O–H groups in total. The summed E-state index contributed by atoms with van der Waals surface area (Å²) in [5.74, 6) is -0.281. The van der Waals surface area contributed by atoms with Gasteiger partial charge in [0.2, 0.25) is 5.91 Å². The molecule has 43 heavy (non-hydrogen) atoms. The monoisotopic (exact) mass is 610 g/mol. The van der Waals surface area contributed by atoms with Crippen LogP contribution in [0, 0.1) is 5.92 Å². The normalized spacial score (nSPS) is 23.9. The van der Waals surface area contributed by atoms with Crippen LogP contribution in [0.2, 0.25) is 0 Å². The molecule has 0 aliphatic carbocycles. The Morgan fingerprint density at radius 2 is 1.58 bits per heavy atom. The van der Waals surface area contributed by atoms with Crippen molar-refractivity contribution in [1.82, 2.24) is 20.0 Å². The van der Waals surface area contributed by atoms with Crippen LogP contribution in [0.5, 0.6) is 0 Å². The van der Waals surface area contributed by atoms with E-state index in [-0.39, 0.29) is 35.5 Å². The number of carbonyl (C=O) groups is 1. The second-order valence-corrected chi connectivity index (χ2v) is 11.6. The molecule has 3 aliphatic rings. The maximum Gasteiger partial charge on any atom is 0.416 e. The van der Waals surface area contributed by atoms with E-state index in [1.807, 2.05) is 54.7 Å². The molecule has 2 aromatic carbocycles. The molecule has 0 bridgehead atoms. The van der Waals surface area contributed by atoms with Gasteiger partial charge < -0.3 is 19.9 Å². The molecule has 0 aromatic heterocycles. The van der Waals surface area contributed by atoms with E-state index >= 15 is 0 Å². The molecule has 3 atom stereocenters. The number of likely N-dealkylation sites (N-methyl/N-ethyl adjacent to an activating group) is 1. The average molecular weight is 611 g/mol. The highest BCUT2D eigenvalue weighted by Gasteiger charge is 2.39. The summed E-state index contributed by atoms with van der Waals surface area (Å²) in [4.78, 5) is 19.9. The zero-order valence-electron chi connectivity index (χ0n) is 23.9. The van der Waals surface area contributed by atoms with Crippen molar-refractivity contribution in [2.45, 2.75) is 56.4 Å². The van der Waals surface area contributed by atoms with E-state index in [4.69, 9.17) is 4.74 Å². The summed E-state index contributed by atoms with van der Waals surface area (Å²) in [6.45, 7) is 2.87. The fourth-order valence-corrected chi connectivity index (χ4v) is 6.20. The van der Waals surface area contributed by atoms with E-state index in [1.54, 1.807) is 0 Å². The van der Waals surface area contributed by atoms with E-state index in [0.717, 1.165) is 38.0 Å². The van der Waals surface area contributed by atoms with Crippen LogP contribution in [-0.2, 0) is 28.5 Å². The van der Waals surface area contributed by atoms with Gasteiger partial charge in [-0.05, 0) is 61.7 Å². The summed E-state index contributed by atoms with van der Waals surface area (Å²) in [7, 11) is 2.02. The van der Waals surface area contributed by atoms with Gasteiger partial charge in [-0.2, -0.15) is 26.3 Å². The van der Waals surface area contributed by atoms with Crippen LogP contribution in [0.15, 0.2) is 60.9 Å². The minimum Gasteiger partial charge on any atom is -0.373 e. The van der Waals surface area contributed by atoms with Gasteiger partial charge in [-0.3, -0.25) is 9.69 Å². The fraction of sp³-hybridized carbons (Fsp3) is 0.516. The van der Waals surface area contributed by atoms with Crippen molar-refractivity contribution >= 4 is 5.91 Å². The van der Waals surface area contributed by atoms with Gasteiger partial charge in [0.1, 0.15) is 6.17 Å². The minimum atomic E-state index is -4.93. The standard InChI is InChI=1S/C31H36F6N4O2/c1-39-14-10-38-28(39)19-40-11-7-23(8-12-40)29(42)41-13-9-27(26(18-41)22-5-3-2-4-6-22)43-20-21-15-24(30(32,33)34)17-25(16-21)31(35,36)37/h2-6,10,14-17,23,26-28,38H,7-9,11-13,18-20H2,1H3/t26-,27-,28?/m0/s1. The van der Waals surface area contributed by atoms with Gasteiger partial charge in [0, 0.05) is 50.9 Å². The molecular formula is C31H36F6N4O2. The summed E-state index contributed by atoms with van der Waals surface area (Å²) in [6.07, 6.45) is -4.26. The van der Waals surface area contributed by atoms with Crippen molar-refractivity contribution in [3.8, 4) is 0 Å². The summed E-state index contributed by atoms with van der Waals surface area (Å²) in [5, 5.41) is 3.32. The molecule has 3 aliphatic heterocycles. The Labute approximate surface area is 247 Å². The number of piperidine rings is 2. The third kappa shape index (κ3) is 7.64. The second kappa shape index (κ2) is 12.8. The predicted molar refractivity (Wildman–Crippen MR) is 148 cm³/mol. The average Bonchev–Trinajstić information content (AvgIpc) is 3.39. The molecule has 0 spiro atoms. The van der Waals surface area contributed by atoms with Gasteiger partial charge >= 0.3 is 12.4 Å². The van der Waals surface area contributed by atoms with E-state index in [1.165, 1.54) is 0 Å². The molecule has 5 rings (SSSR count). The Bertz CT molecular complexity index is 1250. The Morgan fingerprint density at radius 3 is 2.16 bits per heavy atom. The highest BCUT2D eigenvalue weighted by Crippen LogP contribution is 2.37. The Morgan fingerprint density at radius 1 is 0.930 bits per heavy atom. The van der Waals surface area contributed by atoms with Gasteiger partial charge in [-0.25, -0.2) is 0 Å². The summed E-state index contributed by atoms with van der Waals surface area (Å²) < 4.78 is 86.2. The first-order chi connectivity index (χ1) is 20.4. The maximum atomic E-state index is 13.6. The van der Waals surface area contributed by atoms with E-state index < -0.39 is 36.2 Å². The lowest BCUT2D eigenvalue weighted by Crippen LogP contribution is -2.51. The third-order valence-corrected chi connectivity index (χ3v) is 8.66. The highest BCUT2D eigenvalue weighted by molar-refractivity contribution is 5.79. The summed E-state index contributed by atoms with van der Waals surface area (Å²) in [6, 6.07) is 10.9. The van der Waals surface area contributed by atoms with Gasteiger partial charge in [0.15, 0.2) is 0 Å². The third-order valence-electron chi connectivity index (χ3n) is 8.66. The fourth-order valence-electron chi connectivity index (χ4n) is 6.20. The molecule has 2 aromatic rings. The number of carbonyl (C=O) groups excluding carboxylic acids is 1. The number of amides is 1. The number of nitrogens with zero attached hydrogens (tertiary/aromatic N) is 3. The number of nitrogens with one attached hydrogen (secondary N) is 1. The predicted octanol–water partition coefficient (Wildman–Crippen LogP) is 5.67. The van der Waals surface area contributed by atoms with Crippen LogP contribution in [0.1, 0.15) is 47.4 Å². The minimum absolute atomic E-state index is 0.0875. The first kappa shape index (κ1) is 31.2. The Hall–Kier alpha value is -3.25. The van der Waals surface area contributed by atoms with Crippen LogP contribution in [0.4, 0.5) is 26.3 Å². The molecule has 2 saturated heterocycles. The van der Waals surface area contributed by atoms with Crippen molar-refractivity contribution in [1.29, 1.82) is 0 Å². The smallest absolute Gasteiger partial charge is 0.373 e. The van der Waals surface area contributed by atoms with Gasteiger partial charge in [0.05, 0.1) is 23.8 Å². The van der Waals surface area contributed by atoms with Crippen LogP contribution >= 0.6 is 0 Å². The molecule has 1 unspecified atom stereocenters. The lowest BCUT2D eigenvalue weighted by Gasteiger charge is -2.41. The zero-order valence-corrected chi connectivity index (χ0v) is 23.9. The largest absolute Gasteiger partial charge is 0.416 e. The number of halogens is 6. The van der Waals surface area contributed by atoms with E-state index in [9.17, 15) is 31.1 Å². The zero-order chi connectivity index (χ0) is 30.8. The van der Waals surface area contributed by atoms with Crippen molar-refractivity contribution in [2.24, 2.45) is 5.92 Å². The molecule has 6 nitrogen and oxygen atoms in total. The molecule has 12 heteroatoms. The van der Waals surface area contributed by atoms with E-state index in [0.29, 0.717) is 31.6 Å². The van der Waals surface area contributed by atoms with Crippen molar-refractivity contribution in [2.75, 3.05) is 39.8 Å². The number of hydrogen-bond donors (Lipinski definition) is 1. The first-order valence-corrected chi connectivity index (χ1v) is 14.5. The van der Waals surface area contributed by atoms with Crippen LogP contribution in [0.3, 0.4) is 0 Å². The number of likely N-dealkylation sites (tertiary alicyclic amines) is 2. The van der Waals surface area contributed by atoms with Gasteiger partial charge in [0.25, 0.3) is 0 Å². The number of benzene rings is 2. The molecule has 0 radical (unpaired) electrons. The van der Waals surface area contributed by atoms with Crippen molar-refractivity contribution in [3.63, 3.8) is 0 Å². The molecule has 3 heterocycles. The van der Waals surface area contributed by atoms with Crippen LogP contribution in [0.25, 0.3) is 0 Å². The Balaban J connectivity index is 1.24. The van der Waals surface area contributed by atoms with E-state index in [2.05, 4.69) is 15.1 Å². The number of alkyl halides is 6. The summed E-state index contributed by atoms with van der Waals surface area (Å²) >= 11 is 0. The topological polar surface area (TPSA) is 48.0 Å². The van der Waals surface area contributed by atoms with Crippen LogP contribution < -0.4 is 5.32 Å². The second-order valence-electron chi connectivity index (χ2n) is 11.6. The lowest BCUT2D eigenvalue weighted by molar-refractivity contribution is -0.143. The molecule has 1 amide bonds. The van der Waals surface area contributed by atoms with Crippen molar-refractivity contribution in [3.05, 3.63) is 83.2 Å². The molecule has 0 saturated carbocycles. The SMILES string of the molecule is CN1C=CNC1CN1CCC(C(=O)N2CC[C@H](OCc3cc(C(F)(F)F)cc(C(F)(F)F)c3)[C@H](c3ccccc3)C2)CC1. The highest BCUT2D eigenvalue weighted by atomic mass is 19.4. The lowest BCUT2D eigenvalue weighted by atomic mass is 9.86. The van der Waals surface area contributed by atoms with Gasteiger partial charge in [-0.15, -0.1) is 0 Å². The molecule has 234 valence electrons. The number of rotatable bonds is 7. The van der Waals surface area contributed by atoms with Crippen LogP contribution in [-0.4, -0.2) is 72.6 Å². The quantitative estimate of drug-likeness (QED) is 0.410. The number of ether oxygens (including phenoxy) is 1. The molecule has 2 fully saturated rings. The van der Waals surface area contributed by atoms with Crippen molar-refractivity contribution < 1.29 is 35.9 Å². The molecular weight excluding hydrogens is 574 g/mol. The first-order valence-electron chi connectivity index (χ1n) is 14.5. The maximum absolute atomic E-state index is 13.6.